The van der Waals surface area contributed by atoms with Crippen LogP contribution in [0.25, 0.3) is 0 Å². The zero-order valence-electron chi connectivity index (χ0n) is 14.4. The second kappa shape index (κ2) is 8.80. The summed E-state index contributed by atoms with van der Waals surface area (Å²) in [6.07, 6.45) is -4.91. The molecule has 6 nitrogen and oxygen atoms in total. The summed E-state index contributed by atoms with van der Waals surface area (Å²) in [6.45, 7) is 0. The molecule has 152 valence electrons. The molecule has 0 aliphatic rings. The molecule has 0 aliphatic heterocycles. The molecule has 11 heteroatoms. The first kappa shape index (κ1) is 22.0. The third-order valence-electron chi connectivity index (χ3n) is 3.50. The number of methoxy groups -OCH3 is 1. The lowest BCUT2D eigenvalue weighted by Crippen LogP contribution is -2.42. The lowest BCUT2D eigenvalue weighted by Gasteiger charge is -2.17. The maximum Gasteiger partial charge on any atom is 0.573 e. The summed E-state index contributed by atoms with van der Waals surface area (Å²) < 4.78 is 72.1. The Hall–Kier alpha value is -2.30. The minimum Gasteiger partial charge on any atom is -0.468 e. The molecule has 1 atom stereocenters. The molecule has 2 rings (SSSR count). The fourth-order valence-corrected chi connectivity index (χ4v) is 3.56. The number of esters is 1. The molecular weight excluding hydrogens is 423 g/mol. The Bertz CT molecular complexity index is 915. The number of carbonyl (C=O) groups excluding carboxylic acids is 1. The number of hydrogen-bond donors (Lipinski definition) is 1. The molecule has 0 saturated carbocycles. The van der Waals surface area contributed by atoms with Crippen molar-refractivity contribution in [2.45, 2.75) is 23.7 Å². The Balaban J connectivity index is 2.19. The van der Waals surface area contributed by atoms with Gasteiger partial charge in [-0.15, -0.1) is 13.2 Å². The number of carbonyl (C=O) groups is 1. The van der Waals surface area contributed by atoms with Crippen LogP contribution in [-0.4, -0.2) is 33.9 Å². The highest BCUT2D eigenvalue weighted by Gasteiger charge is 2.31. The van der Waals surface area contributed by atoms with E-state index in [1.165, 1.54) is 0 Å². The molecular formula is C17H15ClF3NO5S. The van der Waals surface area contributed by atoms with Crippen molar-refractivity contribution in [2.24, 2.45) is 0 Å². The van der Waals surface area contributed by atoms with Crippen LogP contribution >= 0.6 is 11.6 Å². The molecule has 0 saturated heterocycles. The lowest BCUT2D eigenvalue weighted by molar-refractivity contribution is -0.274. The Morgan fingerprint density at radius 2 is 1.68 bits per heavy atom. The summed E-state index contributed by atoms with van der Waals surface area (Å²) in [6, 6.07) is 8.73. The summed E-state index contributed by atoms with van der Waals surface area (Å²) in [5.74, 6) is -1.40. The second-order valence-electron chi connectivity index (χ2n) is 5.55. The standard InChI is InChI=1S/C17H15ClF3NO5S/c1-26-16(23)15(10-11-2-4-12(18)5-3-11)22-28(24,25)14-8-6-13(7-9-14)27-17(19,20)21/h2-9,15,22H,10H2,1H3. The summed E-state index contributed by atoms with van der Waals surface area (Å²) in [5.41, 5.74) is 0.622. The molecule has 0 amide bonds. The Labute approximate surface area is 164 Å². The molecule has 2 aromatic rings. The van der Waals surface area contributed by atoms with E-state index in [4.69, 9.17) is 11.6 Å². The number of alkyl halides is 3. The van der Waals surface area contributed by atoms with Gasteiger partial charge in [-0.05, 0) is 48.4 Å². The minimum absolute atomic E-state index is 0.0155. The maximum absolute atomic E-state index is 12.5. The van der Waals surface area contributed by atoms with Gasteiger partial charge in [0.25, 0.3) is 0 Å². The van der Waals surface area contributed by atoms with Crippen molar-refractivity contribution in [3.8, 4) is 5.75 Å². The SMILES string of the molecule is COC(=O)C(Cc1ccc(Cl)cc1)NS(=O)(=O)c1ccc(OC(F)(F)F)cc1. The predicted molar refractivity (Wildman–Crippen MR) is 94.4 cm³/mol. The van der Waals surface area contributed by atoms with Crippen LogP contribution in [0, 0.1) is 0 Å². The van der Waals surface area contributed by atoms with Crippen molar-refractivity contribution in [2.75, 3.05) is 7.11 Å². The van der Waals surface area contributed by atoms with Gasteiger partial charge in [-0.3, -0.25) is 4.79 Å². The number of ether oxygens (including phenoxy) is 2. The molecule has 0 radical (unpaired) electrons. The minimum atomic E-state index is -4.90. The van der Waals surface area contributed by atoms with Crippen LogP contribution < -0.4 is 9.46 Å². The van der Waals surface area contributed by atoms with Gasteiger partial charge in [0.05, 0.1) is 12.0 Å². The third-order valence-corrected chi connectivity index (χ3v) is 5.24. The molecule has 2 aromatic carbocycles. The van der Waals surface area contributed by atoms with Gasteiger partial charge in [-0.2, -0.15) is 4.72 Å². The number of halogens is 4. The first-order valence-corrected chi connectivity index (χ1v) is 9.57. The number of rotatable bonds is 7. The number of hydrogen-bond acceptors (Lipinski definition) is 5. The number of sulfonamides is 1. The van der Waals surface area contributed by atoms with Crippen LogP contribution in [0.4, 0.5) is 13.2 Å². The molecule has 1 N–H and O–H groups in total. The predicted octanol–water partition coefficient (Wildman–Crippen LogP) is 3.30. The van der Waals surface area contributed by atoms with E-state index >= 15 is 0 Å². The van der Waals surface area contributed by atoms with Crippen molar-refractivity contribution >= 4 is 27.6 Å². The second-order valence-corrected chi connectivity index (χ2v) is 7.70. The molecule has 0 spiro atoms. The van der Waals surface area contributed by atoms with Crippen LogP contribution in [0.1, 0.15) is 5.56 Å². The van der Waals surface area contributed by atoms with Gasteiger partial charge in [-0.1, -0.05) is 23.7 Å². The average Bonchev–Trinajstić information content (AvgIpc) is 2.61. The molecule has 0 bridgehead atoms. The summed E-state index contributed by atoms with van der Waals surface area (Å²) in [5, 5.41) is 0.472. The maximum atomic E-state index is 12.5. The highest BCUT2D eigenvalue weighted by Crippen LogP contribution is 2.24. The summed E-state index contributed by atoms with van der Waals surface area (Å²) in [4.78, 5) is 11.6. The van der Waals surface area contributed by atoms with E-state index in [0.29, 0.717) is 10.6 Å². The first-order valence-electron chi connectivity index (χ1n) is 7.70. The van der Waals surface area contributed by atoms with E-state index in [0.717, 1.165) is 31.4 Å². The topological polar surface area (TPSA) is 81.7 Å². The highest BCUT2D eigenvalue weighted by atomic mass is 35.5. The van der Waals surface area contributed by atoms with Gasteiger partial charge in [0.2, 0.25) is 10.0 Å². The zero-order valence-corrected chi connectivity index (χ0v) is 15.9. The highest BCUT2D eigenvalue weighted by molar-refractivity contribution is 7.89. The third kappa shape index (κ3) is 6.39. The van der Waals surface area contributed by atoms with Crippen molar-refractivity contribution in [3.63, 3.8) is 0 Å². The quantitative estimate of drug-likeness (QED) is 0.672. The van der Waals surface area contributed by atoms with E-state index in [9.17, 15) is 26.4 Å². The molecule has 0 fully saturated rings. The normalized spacial score (nSPS) is 13.0. The van der Waals surface area contributed by atoms with Crippen molar-refractivity contribution in [3.05, 3.63) is 59.1 Å². The number of benzene rings is 2. The van der Waals surface area contributed by atoms with Gasteiger partial charge in [0.15, 0.2) is 0 Å². The largest absolute Gasteiger partial charge is 0.573 e. The summed E-state index contributed by atoms with van der Waals surface area (Å²) >= 11 is 5.79. The van der Waals surface area contributed by atoms with Gasteiger partial charge in [-0.25, -0.2) is 8.42 Å². The zero-order chi connectivity index (χ0) is 20.9. The smallest absolute Gasteiger partial charge is 0.468 e. The summed E-state index contributed by atoms with van der Waals surface area (Å²) in [7, 11) is -3.11. The van der Waals surface area contributed by atoms with Crippen LogP contribution in [-0.2, 0) is 26.0 Å². The van der Waals surface area contributed by atoms with Crippen LogP contribution in [0.3, 0.4) is 0 Å². The number of nitrogens with one attached hydrogen (secondary N) is 1. The van der Waals surface area contributed by atoms with Crippen LogP contribution in [0.2, 0.25) is 5.02 Å². The van der Waals surface area contributed by atoms with Gasteiger partial charge in [0, 0.05) is 5.02 Å². The molecule has 0 aliphatic carbocycles. The van der Waals surface area contributed by atoms with Gasteiger partial charge >= 0.3 is 12.3 Å². The van der Waals surface area contributed by atoms with Gasteiger partial charge in [0.1, 0.15) is 11.8 Å². The Morgan fingerprint density at radius 1 is 1.11 bits per heavy atom. The van der Waals surface area contributed by atoms with E-state index in [-0.39, 0.29) is 11.3 Å². The Kier molecular flexibility index (Phi) is 6.91. The fourth-order valence-electron chi connectivity index (χ4n) is 2.25. The first-order chi connectivity index (χ1) is 13.0. The van der Waals surface area contributed by atoms with Crippen molar-refractivity contribution < 1.29 is 35.9 Å². The van der Waals surface area contributed by atoms with E-state index in [1.807, 2.05) is 0 Å². The fraction of sp³-hybridized carbons (Fsp3) is 0.235. The van der Waals surface area contributed by atoms with Crippen LogP contribution in [0.15, 0.2) is 53.4 Å². The van der Waals surface area contributed by atoms with E-state index in [2.05, 4.69) is 14.2 Å². The van der Waals surface area contributed by atoms with Gasteiger partial charge < -0.3 is 9.47 Å². The average molecular weight is 438 g/mol. The molecule has 28 heavy (non-hydrogen) atoms. The lowest BCUT2D eigenvalue weighted by atomic mass is 10.1. The monoisotopic (exact) mass is 437 g/mol. The van der Waals surface area contributed by atoms with Crippen LogP contribution in [0.5, 0.6) is 5.75 Å². The molecule has 0 aromatic heterocycles. The molecule has 0 heterocycles. The van der Waals surface area contributed by atoms with E-state index in [1.54, 1.807) is 24.3 Å². The van der Waals surface area contributed by atoms with E-state index < -0.39 is 34.1 Å². The Morgan fingerprint density at radius 3 is 2.18 bits per heavy atom. The van der Waals surface area contributed by atoms with Crippen molar-refractivity contribution in [1.82, 2.24) is 4.72 Å². The van der Waals surface area contributed by atoms with Crippen molar-refractivity contribution in [1.29, 1.82) is 0 Å². The molecule has 1 unspecified atom stereocenters.